The molecule has 0 bridgehead atoms. The van der Waals surface area contributed by atoms with Crippen molar-refractivity contribution >= 4 is 5.91 Å². The fourth-order valence-corrected chi connectivity index (χ4v) is 3.62. The Kier molecular flexibility index (Phi) is 6.92. The standard InChI is InChI=1S/C22H26F3N3O/c1-27(13-18-7-9-19(10-8-18)22(23,24)25)16-21(29)26-20-11-12-28(15-20)14-17-5-3-2-4-6-17/h2-10,20H,11-16H2,1H3,(H,26,29)/t20-/m0/s1. The van der Waals surface area contributed by atoms with Crippen LogP contribution in [0.3, 0.4) is 0 Å². The van der Waals surface area contributed by atoms with Crippen molar-refractivity contribution in [2.45, 2.75) is 31.7 Å². The molecular weight excluding hydrogens is 379 g/mol. The van der Waals surface area contributed by atoms with Gasteiger partial charge in [-0.2, -0.15) is 13.2 Å². The van der Waals surface area contributed by atoms with Crippen LogP contribution in [0.15, 0.2) is 54.6 Å². The average molecular weight is 405 g/mol. The minimum atomic E-state index is -4.33. The number of alkyl halides is 3. The van der Waals surface area contributed by atoms with Gasteiger partial charge in [0, 0.05) is 32.2 Å². The van der Waals surface area contributed by atoms with E-state index >= 15 is 0 Å². The summed E-state index contributed by atoms with van der Waals surface area (Å²) in [5.41, 5.74) is 1.34. The van der Waals surface area contributed by atoms with Gasteiger partial charge in [-0.15, -0.1) is 0 Å². The van der Waals surface area contributed by atoms with E-state index in [4.69, 9.17) is 0 Å². The van der Waals surface area contributed by atoms with Crippen LogP contribution in [0.25, 0.3) is 0 Å². The smallest absolute Gasteiger partial charge is 0.351 e. The van der Waals surface area contributed by atoms with E-state index in [9.17, 15) is 18.0 Å². The molecule has 156 valence electrons. The zero-order chi connectivity index (χ0) is 20.9. The first-order valence-corrected chi connectivity index (χ1v) is 9.70. The number of likely N-dealkylation sites (tertiary alicyclic amines) is 1. The van der Waals surface area contributed by atoms with Crippen LogP contribution in [0.5, 0.6) is 0 Å². The maximum Gasteiger partial charge on any atom is 0.416 e. The third-order valence-corrected chi connectivity index (χ3v) is 5.03. The van der Waals surface area contributed by atoms with E-state index in [2.05, 4.69) is 22.3 Å². The molecule has 29 heavy (non-hydrogen) atoms. The van der Waals surface area contributed by atoms with Crippen LogP contribution in [0.4, 0.5) is 13.2 Å². The van der Waals surface area contributed by atoms with Crippen LogP contribution in [-0.2, 0) is 24.1 Å². The van der Waals surface area contributed by atoms with Crippen molar-refractivity contribution in [1.29, 1.82) is 0 Å². The molecule has 3 rings (SSSR count). The molecule has 1 fully saturated rings. The predicted molar refractivity (Wildman–Crippen MR) is 106 cm³/mol. The Balaban J connectivity index is 1.41. The van der Waals surface area contributed by atoms with E-state index in [0.29, 0.717) is 6.54 Å². The number of likely N-dealkylation sites (N-methyl/N-ethyl adjacent to an activating group) is 1. The van der Waals surface area contributed by atoms with Crippen LogP contribution in [0.1, 0.15) is 23.1 Å². The van der Waals surface area contributed by atoms with Crippen molar-refractivity contribution in [2.24, 2.45) is 0 Å². The van der Waals surface area contributed by atoms with E-state index in [1.807, 2.05) is 18.2 Å². The van der Waals surface area contributed by atoms with Crippen LogP contribution in [0, 0.1) is 0 Å². The number of carbonyl (C=O) groups is 1. The molecule has 2 aromatic rings. The first-order chi connectivity index (χ1) is 13.8. The minimum absolute atomic E-state index is 0.0639. The Hall–Kier alpha value is -2.38. The Labute approximate surface area is 169 Å². The summed E-state index contributed by atoms with van der Waals surface area (Å²) >= 11 is 0. The van der Waals surface area contributed by atoms with Crippen molar-refractivity contribution < 1.29 is 18.0 Å². The van der Waals surface area contributed by atoms with E-state index in [1.165, 1.54) is 17.7 Å². The van der Waals surface area contributed by atoms with Gasteiger partial charge in [-0.25, -0.2) is 0 Å². The first kappa shape index (κ1) is 21.3. The molecule has 1 heterocycles. The molecule has 0 aromatic heterocycles. The molecule has 1 atom stereocenters. The summed E-state index contributed by atoms with van der Waals surface area (Å²) in [6, 6.07) is 15.4. The molecular formula is C22H26F3N3O. The van der Waals surface area contributed by atoms with Gasteiger partial charge < -0.3 is 5.32 Å². The van der Waals surface area contributed by atoms with Crippen molar-refractivity contribution in [1.82, 2.24) is 15.1 Å². The number of halogens is 3. The lowest BCUT2D eigenvalue weighted by atomic mass is 10.1. The molecule has 0 radical (unpaired) electrons. The molecule has 2 aromatic carbocycles. The summed E-state index contributed by atoms with van der Waals surface area (Å²) in [7, 11) is 1.79. The van der Waals surface area contributed by atoms with Gasteiger partial charge in [0.2, 0.25) is 5.91 Å². The summed E-state index contributed by atoms with van der Waals surface area (Å²) in [6.45, 7) is 3.26. The SMILES string of the molecule is CN(CC(=O)N[C@H]1CCN(Cc2ccccc2)C1)Cc1ccc(C(F)(F)F)cc1. The molecule has 0 unspecified atom stereocenters. The number of rotatable bonds is 7. The third kappa shape index (κ3) is 6.58. The Morgan fingerprint density at radius 3 is 2.45 bits per heavy atom. The Bertz CT molecular complexity index is 793. The highest BCUT2D eigenvalue weighted by Crippen LogP contribution is 2.29. The van der Waals surface area contributed by atoms with Crippen LogP contribution in [-0.4, -0.2) is 48.4 Å². The lowest BCUT2D eigenvalue weighted by Gasteiger charge is -2.20. The topological polar surface area (TPSA) is 35.6 Å². The molecule has 1 saturated heterocycles. The van der Waals surface area contributed by atoms with Crippen LogP contribution >= 0.6 is 0 Å². The maximum atomic E-state index is 12.6. The fraction of sp³-hybridized carbons (Fsp3) is 0.409. The highest BCUT2D eigenvalue weighted by Gasteiger charge is 2.30. The molecule has 1 N–H and O–H groups in total. The summed E-state index contributed by atoms with van der Waals surface area (Å²) in [6.07, 6.45) is -3.42. The minimum Gasteiger partial charge on any atom is -0.351 e. The second-order valence-electron chi connectivity index (χ2n) is 7.64. The number of amides is 1. The van der Waals surface area contributed by atoms with Crippen molar-refractivity contribution in [3.05, 3.63) is 71.3 Å². The largest absolute Gasteiger partial charge is 0.416 e. The van der Waals surface area contributed by atoms with Gasteiger partial charge in [0.05, 0.1) is 12.1 Å². The second-order valence-corrected chi connectivity index (χ2v) is 7.64. The van der Waals surface area contributed by atoms with Crippen molar-refractivity contribution in [3.8, 4) is 0 Å². The molecule has 0 spiro atoms. The fourth-order valence-electron chi connectivity index (χ4n) is 3.62. The molecule has 7 heteroatoms. The van der Waals surface area contributed by atoms with Gasteiger partial charge in [-0.1, -0.05) is 42.5 Å². The van der Waals surface area contributed by atoms with Crippen molar-refractivity contribution in [3.63, 3.8) is 0 Å². The normalized spacial score (nSPS) is 17.6. The molecule has 0 aliphatic carbocycles. The number of hydrogen-bond acceptors (Lipinski definition) is 3. The summed E-state index contributed by atoms with van der Waals surface area (Å²) in [5, 5.41) is 3.07. The van der Waals surface area contributed by atoms with Gasteiger partial charge in [-0.3, -0.25) is 14.6 Å². The molecule has 1 aliphatic heterocycles. The summed E-state index contributed by atoms with van der Waals surface area (Å²) < 4.78 is 37.9. The van der Waals surface area contributed by atoms with Gasteiger partial charge in [0.15, 0.2) is 0 Å². The predicted octanol–water partition coefficient (Wildman–Crippen LogP) is 3.53. The zero-order valence-electron chi connectivity index (χ0n) is 16.5. The quantitative estimate of drug-likeness (QED) is 0.766. The first-order valence-electron chi connectivity index (χ1n) is 9.70. The summed E-state index contributed by atoms with van der Waals surface area (Å²) in [4.78, 5) is 16.5. The Morgan fingerprint density at radius 2 is 1.79 bits per heavy atom. The van der Waals surface area contributed by atoms with Gasteiger partial charge in [0.25, 0.3) is 0 Å². The molecule has 1 aliphatic rings. The highest BCUT2D eigenvalue weighted by molar-refractivity contribution is 5.78. The zero-order valence-corrected chi connectivity index (χ0v) is 16.5. The van der Waals surface area contributed by atoms with Gasteiger partial charge in [0.1, 0.15) is 0 Å². The van der Waals surface area contributed by atoms with Gasteiger partial charge >= 0.3 is 6.18 Å². The third-order valence-electron chi connectivity index (χ3n) is 5.03. The molecule has 1 amide bonds. The number of benzene rings is 2. The number of hydrogen-bond donors (Lipinski definition) is 1. The summed E-state index contributed by atoms with van der Waals surface area (Å²) in [5.74, 6) is -0.0639. The Morgan fingerprint density at radius 1 is 1.10 bits per heavy atom. The molecule has 4 nitrogen and oxygen atoms in total. The van der Waals surface area contributed by atoms with Gasteiger partial charge in [-0.05, 0) is 36.7 Å². The van der Waals surface area contributed by atoms with Crippen molar-refractivity contribution in [2.75, 3.05) is 26.7 Å². The average Bonchev–Trinajstić information content (AvgIpc) is 3.08. The van der Waals surface area contributed by atoms with Crippen LogP contribution < -0.4 is 5.32 Å². The van der Waals surface area contributed by atoms with E-state index in [-0.39, 0.29) is 18.5 Å². The number of nitrogens with one attached hydrogen (secondary N) is 1. The highest BCUT2D eigenvalue weighted by atomic mass is 19.4. The van der Waals surface area contributed by atoms with E-state index in [1.54, 1.807) is 11.9 Å². The van der Waals surface area contributed by atoms with Crippen LogP contribution in [0.2, 0.25) is 0 Å². The number of carbonyl (C=O) groups excluding carboxylic acids is 1. The number of nitrogens with zero attached hydrogens (tertiary/aromatic N) is 2. The lowest BCUT2D eigenvalue weighted by molar-refractivity contribution is -0.137. The second kappa shape index (κ2) is 9.41. The lowest BCUT2D eigenvalue weighted by Crippen LogP contribution is -2.42. The molecule has 0 saturated carbocycles. The van der Waals surface area contributed by atoms with E-state index < -0.39 is 11.7 Å². The van der Waals surface area contributed by atoms with E-state index in [0.717, 1.165) is 43.8 Å². The maximum absolute atomic E-state index is 12.6. The monoisotopic (exact) mass is 405 g/mol.